The highest BCUT2D eigenvalue weighted by atomic mass is 32.2. The van der Waals surface area contributed by atoms with Gasteiger partial charge in [-0.25, -0.2) is 13.4 Å². The maximum Gasteiger partial charge on any atom is 0.296 e. The SMILES string of the molecule is COc1c(NC(=O)C(=O)c2ccc(Nc3ccnc(N4CC(C)(C)OC(C)(C)C4)n3)c3ccccc23)cc(C(C)(C)C)cc1NS(C)(=O)=O. The van der Waals surface area contributed by atoms with Crippen molar-refractivity contribution in [3.8, 4) is 5.75 Å². The molecule has 12 nitrogen and oxygen atoms in total. The number of hydrogen-bond donors (Lipinski definition) is 3. The van der Waals surface area contributed by atoms with Crippen molar-refractivity contribution in [2.24, 2.45) is 0 Å². The van der Waals surface area contributed by atoms with E-state index in [-0.39, 0.29) is 33.9 Å². The van der Waals surface area contributed by atoms with Gasteiger partial charge in [-0.15, -0.1) is 0 Å². The van der Waals surface area contributed by atoms with Gasteiger partial charge in [0.25, 0.3) is 11.7 Å². The summed E-state index contributed by atoms with van der Waals surface area (Å²) in [5.41, 5.74) is 0.740. The number of ketones is 1. The van der Waals surface area contributed by atoms with Gasteiger partial charge in [-0.1, -0.05) is 45.0 Å². The summed E-state index contributed by atoms with van der Waals surface area (Å²) in [6.07, 6.45) is 2.72. The van der Waals surface area contributed by atoms with Crippen LogP contribution in [0.1, 0.15) is 64.4 Å². The monoisotopic (exact) mass is 688 g/mol. The lowest BCUT2D eigenvalue weighted by Gasteiger charge is -2.47. The number of aromatic nitrogens is 2. The van der Waals surface area contributed by atoms with Crippen LogP contribution in [0.2, 0.25) is 0 Å². The molecule has 0 saturated carbocycles. The normalized spacial score (nSPS) is 15.8. The Balaban J connectivity index is 1.45. The van der Waals surface area contributed by atoms with E-state index in [1.165, 1.54) is 7.11 Å². The van der Waals surface area contributed by atoms with Crippen LogP contribution < -0.4 is 25.0 Å². The fourth-order valence-corrected chi connectivity index (χ4v) is 6.75. The summed E-state index contributed by atoms with van der Waals surface area (Å²) in [6, 6.07) is 15.7. The molecule has 2 heterocycles. The zero-order valence-electron chi connectivity index (χ0n) is 29.4. The van der Waals surface area contributed by atoms with Gasteiger partial charge in [-0.3, -0.25) is 14.3 Å². The second kappa shape index (κ2) is 12.9. The van der Waals surface area contributed by atoms with Gasteiger partial charge >= 0.3 is 0 Å². The van der Waals surface area contributed by atoms with E-state index in [0.29, 0.717) is 41.3 Å². The van der Waals surface area contributed by atoms with Crippen molar-refractivity contribution in [3.63, 3.8) is 0 Å². The Labute approximate surface area is 287 Å². The smallest absolute Gasteiger partial charge is 0.296 e. The molecule has 0 atom stereocenters. The van der Waals surface area contributed by atoms with Gasteiger partial charge < -0.3 is 25.0 Å². The fraction of sp³-hybridized carbons (Fsp3) is 0.389. The molecule has 1 aromatic heterocycles. The predicted octanol–water partition coefficient (Wildman–Crippen LogP) is 6.27. The number of carbonyl (C=O) groups excluding carboxylic acids is 2. The highest BCUT2D eigenvalue weighted by molar-refractivity contribution is 7.92. The maximum atomic E-state index is 13.7. The molecule has 0 unspecified atom stereocenters. The molecule has 3 aromatic carbocycles. The number of carbonyl (C=O) groups is 2. The molecule has 1 fully saturated rings. The summed E-state index contributed by atoms with van der Waals surface area (Å²) >= 11 is 0. The van der Waals surface area contributed by atoms with E-state index in [0.717, 1.165) is 11.8 Å². The van der Waals surface area contributed by atoms with Gasteiger partial charge in [0.2, 0.25) is 16.0 Å². The second-order valence-corrected chi connectivity index (χ2v) is 16.3. The predicted molar refractivity (Wildman–Crippen MR) is 194 cm³/mol. The average Bonchev–Trinajstić information content (AvgIpc) is 2.98. The molecular weight excluding hydrogens is 644 g/mol. The van der Waals surface area contributed by atoms with Gasteiger partial charge in [-0.2, -0.15) is 4.98 Å². The Bertz CT molecular complexity index is 2020. The minimum atomic E-state index is -3.68. The van der Waals surface area contributed by atoms with Crippen LogP contribution in [0.15, 0.2) is 60.8 Å². The zero-order chi connectivity index (χ0) is 35.9. The topological polar surface area (TPSA) is 152 Å². The molecule has 1 saturated heterocycles. The van der Waals surface area contributed by atoms with Gasteiger partial charge in [0.05, 0.1) is 35.9 Å². The molecule has 1 aliphatic heterocycles. The summed E-state index contributed by atoms with van der Waals surface area (Å²) in [5, 5.41) is 7.32. The van der Waals surface area contributed by atoms with Crippen LogP contribution in [-0.4, -0.2) is 67.7 Å². The van der Waals surface area contributed by atoms with E-state index in [2.05, 4.69) is 25.2 Å². The van der Waals surface area contributed by atoms with Crippen molar-refractivity contribution in [2.45, 2.75) is 65.1 Å². The number of rotatable bonds is 9. The number of benzene rings is 3. The first-order valence-electron chi connectivity index (χ1n) is 15.9. The van der Waals surface area contributed by atoms with Gasteiger partial charge in [0.15, 0.2) is 5.75 Å². The number of sulfonamides is 1. The number of ether oxygens (including phenoxy) is 2. The molecule has 3 N–H and O–H groups in total. The Morgan fingerprint density at radius 2 is 1.55 bits per heavy atom. The fourth-order valence-electron chi connectivity index (χ4n) is 6.20. The molecular formula is C36H44N6O6S. The third kappa shape index (κ3) is 8.28. The number of anilines is 5. The van der Waals surface area contributed by atoms with E-state index in [9.17, 15) is 18.0 Å². The van der Waals surface area contributed by atoms with Crippen LogP contribution in [0.5, 0.6) is 5.75 Å². The first kappa shape index (κ1) is 35.6. The molecule has 260 valence electrons. The molecule has 4 aromatic rings. The average molecular weight is 689 g/mol. The maximum absolute atomic E-state index is 13.7. The molecule has 0 aliphatic carbocycles. The molecule has 1 amide bonds. The third-order valence-corrected chi connectivity index (χ3v) is 8.55. The number of nitrogens with zero attached hydrogens (tertiary/aromatic N) is 3. The van der Waals surface area contributed by atoms with Crippen LogP contribution in [0.3, 0.4) is 0 Å². The first-order chi connectivity index (χ1) is 22.7. The van der Waals surface area contributed by atoms with E-state index >= 15 is 0 Å². The molecule has 0 radical (unpaired) electrons. The number of nitrogens with one attached hydrogen (secondary N) is 3. The number of methoxy groups -OCH3 is 1. The Morgan fingerprint density at radius 1 is 0.918 bits per heavy atom. The summed E-state index contributed by atoms with van der Waals surface area (Å²) in [7, 11) is -2.32. The summed E-state index contributed by atoms with van der Waals surface area (Å²) < 4.78 is 38.4. The van der Waals surface area contributed by atoms with Crippen LogP contribution in [-0.2, 0) is 25.0 Å². The Morgan fingerprint density at radius 3 is 2.16 bits per heavy atom. The van der Waals surface area contributed by atoms with Crippen molar-refractivity contribution in [3.05, 3.63) is 71.9 Å². The third-order valence-electron chi connectivity index (χ3n) is 7.96. The summed E-state index contributed by atoms with van der Waals surface area (Å²) in [4.78, 5) is 38.7. The Hall–Kier alpha value is -4.75. The standard InChI is InChI=1S/C36H44N6O6S/c1-34(2,3)22-18-27(31(47-8)28(19-22)41-49(9,45)46)39-32(44)30(43)25-14-15-26(24-13-11-10-12-23(24)25)38-29-16-17-37-33(40-29)42-20-35(4,5)48-36(6,7)21-42/h10-19,41H,20-21H2,1-9H3,(H,39,44)(H,37,38,40). The van der Waals surface area contributed by atoms with E-state index in [4.69, 9.17) is 14.5 Å². The first-order valence-corrected chi connectivity index (χ1v) is 17.8. The van der Waals surface area contributed by atoms with Crippen molar-refractivity contribution in [2.75, 3.05) is 46.7 Å². The lowest BCUT2D eigenvalue weighted by molar-refractivity contribution is -0.133. The second-order valence-electron chi connectivity index (χ2n) is 14.6. The van der Waals surface area contributed by atoms with Gasteiger partial charge in [-0.05, 0) is 74.4 Å². The minimum absolute atomic E-state index is 0.0809. The van der Waals surface area contributed by atoms with Crippen LogP contribution in [0.4, 0.5) is 28.8 Å². The number of fused-ring (bicyclic) bond motifs is 1. The van der Waals surface area contributed by atoms with Crippen molar-refractivity contribution in [1.82, 2.24) is 9.97 Å². The number of morpholine rings is 1. The molecule has 1 aliphatic rings. The van der Waals surface area contributed by atoms with Crippen LogP contribution in [0, 0.1) is 0 Å². The molecule has 0 spiro atoms. The number of Topliss-reactive ketones (excluding diaryl/α,β-unsaturated/α-hetero) is 1. The molecule has 0 bridgehead atoms. The molecule has 5 rings (SSSR count). The number of amides is 1. The molecule has 49 heavy (non-hydrogen) atoms. The van der Waals surface area contributed by atoms with Crippen molar-refractivity contribution < 1.29 is 27.5 Å². The molecule has 13 heteroatoms. The van der Waals surface area contributed by atoms with Gasteiger partial charge in [0, 0.05) is 35.9 Å². The lowest BCUT2D eigenvalue weighted by atomic mass is 9.86. The van der Waals surface area contributed by atoms with Crippen LogP contribution >= 0.6 is 0 Å². The largest absolute Gasteiger partial charge is 0.492 e. The van der Waals surface area contributed by atoms with Gasteiger partial charge in [0.1, 0.15) is 5.82 Å². The lowest BCUT2D eigenvalue weighted by Crippen LogP contribution is -2.57. The van der Waals surface area contributed by atoms with Crippen molar-refractivity contribution >= 4 is 61.3 Å². The highest BCUT2D eigenvalue weighted by Gasteiger charge is 2.39. The van der Waals surface area contributed by atoms with Crippen molar-refractivity contribution in [1.29, 1.82) is 0 Å². The zero-order valence-corrected chi connectivity index (χ0v) is 30.2. The number of hydrogen-bond acceptors (Lipinski definition) is 10. The van der Waals surface area contributed by atoms with E-state index in [1.54, 1.807) is 48.7 Å². The highest BCUT2D eigenvalue weighted by Crippen LogP contribution is 2.39. The van der Waals surface area contributed by atoms with Crippen LogP contribution in [0.25, 0.3) is 10.8 Å². The quantitative estimate of drug-likeness (QED) is 0.136. The minimum Gasteiger partial charge on any atom is -0.492 e. The Kier molecular flexibility index (Phi) is 9.39. The summed E-state index contributed by atoms with van der Waals surface area (Å²) in [6.45, 7) is 15.3. The van der Waals surface area contributed by atoms with E-state index < -0.39 is 27.1 Å². The van der Waals surface area contributed by atoms with E-state index in [1.807, 2.05) is 60.6 Å². The summed E-state index contributed by atoms with van der Waals surface area (Å²) in [5.74, 6) is -0.457.